The molecule has 1 aromatic carbocycles. The molecule has 0 amide bonds. The molecule has 0 aliphatic carbocycles. The SMILES string of the molecule is CCCNC(Cc1ccc(F)cc1)Cc1ccncc1Cl. The van der Waals surface area contributed by atoms with E-state index >= 15 is 0 Å². The molecule has 1 unspecified atom stereocenters. The Morgan fingerprint density at radius 2 is 1.95 bits per heavy atom. The van der Waals surface area contributed by atoms with Gasteiger partial charge in [-0.25, -0.2) is 4.39 Å². The standard InChI is InChI=1S/C17H20ClFN2/c1-2-8-21-16(10-13-3-5-15(19)6-4-13)11-14-7-9-20-12-17(14)18/h3-7,9,12,16,21H,2,8,10-11H2,1H3. The Balaban J connectivity index is 2.07. The van der Waals surface area contributed by atoms with Crippen LogP contribution < -0.4 is 5.32 Å². The number of hydrogen-bond donors (Lipinski definition) is 1. The first-order valence-corrected chi connectivity index (χ1v) is 7.63. The fraction of sp³-hybridized carbons (Fsp3) is 0.353. The minimum atomic E-state index is -0.200. The Morgan fingerprint density at radius 1 is 1.19 bits per heavy atom. The molecule has 0 bridgehead atoms. The molecule has 0 radical (unpaired) electrons. The van der Waals surface area contributed by atoms with Gasteiger partial charge in [-0.05, 0) is 55.1 Å². The summed E-state index contributed by atoms with van der Waals surface area (Å²) in [5, 5.41) is 4.23. The van der Waals surface area contributed by atoms with Crippen LogP contribution in [-0.4, -0.2) is 17.6 Å². The molecule has 0 spiro atoms. The van der Waals surface area contributed by atoms with Gasteiger partial charge in [0, 0.05) is 18.4 Å². The first-order chi connectivity index (χ1) is 10.2. The van der Waals surface area contributed by atoms with E-state index < -0.39 is 0 Å². The molecule has 1 aromatic heterocycles. The Kier molecular flexibility index (Phi) is 6.15. The molecular weight excluding hydrogens is 287 g/mol. The Labute approximate surface area is 130 Å². The highest BCUT2D eigenvalue weighted by Crippen LogP contribution is 2.17. The summed E-state index contributed by atoms with van der Waals surface area (Å²) >= 11 is 6.19. The zero-order chi connectivity index (χ0) is 15.1. The van der Waals surface area contributed by atoms with Gasteiger partial charge in [0.2, 0.25) is 0 Å². The van der Waals surface area contributed by atoms with Crippen molar-refractivity contribution in [2.24, 2.45) is 0 Å². The number of hydrogen-bond acceptors (Lipinski definition) is 2. The minimum absolute atomic E-state index is 0.200. The second kappa shape index (κ2) is 8.11. The van der Waals surface area contributed by atoms with Crippen LogP contribution in [0.15, 0.2) is 42.7 Å². The van der Waals surface area contributed by atoms with E-state index in [1.807, 2.05) is 18.2 Å². The van der Waals surface area contributed by atoms with Crippen molar-refractivity contribution in [3.8, 4) is 0 Å². The van der Waals surface area contributed by atoms with Crippen molar-refractivity contribution < 1.29 is 4.39 Å². The zero-order valence-corrected chi connectivity index (χ0v) is 12.9. The maximum Gasteiger partial charge on any atom is 0.123 e. The normalized spacial score (nSPS) is 12.3. The van der Waals surface area contributed by atoms with Crippen LogP contribution in [0.1, 0.15) is 24.5 Å². The number of pyridine rings is 1. The average molecular weight is 307 g/mol. The van der Waals surface area contributed by atoms with Crippen LogP contribution >= 0.6 is 11.6 Å². The lowest BCUT2D eigenvalue weighted by atomic mass is 9.99. The smallest absolute Gasteiger partial charge is 0.123 e. The highest BCUT2D eigenvalue weighted by Gasteiger charge is 2.12. The van der Waals surface area contributed by atoms with E-state index in [0.29, 0.717) is 5.02 Å². The molecule has 21 heavy (non-hydrogen) atoms. The number of benzene rings is 1. The summed E-state index contributed by atoms with van der Waals surface area (Å²) in [5.74, 6) is -0.200. The number of aromatic nitrogens is 1. The van der Waals surface area contributed by atoms with E-state index in [4.69, 9.17) is 11.6 Å². The molecule has 2 nitrogen and oxygen atoms in total. The summed E-state index contributed by atoms with van der Waals surface area (Å²) < 4.78 is 13.0. The second-order valence-corrected chi connectivity index (χ2v) is 5.56. The lowest BCUT2D eigenvalue weighted by Crippen LogP contribution is -2.34. The molecule has 0 aliphatic heterocycles. The second-order valence-electron chi connectivity index (χ2n) is 5.15. The van der Waals surface area contributed by atoms with Gasteiger partial charge in [-0.1, -0.05) is 30.7 Å². The summed E-state index contributed by atoms with van der Waals surface area (Å²) in [5.41, 5.74) is 2.21. The van der Waals surface area contributed by atoms with Crippen molar-refractivity contribution in [1.29, 1.82) is 0 Å². The van der Waals surface area contributed by atoms with Gasteiger partial charge < -0.3 is 5.32 Å². The lowest BCUT2D eigenvalue weighted by molar-refractivity contribution is 0.504. The van der Waals surface area contributed by atoms with E-state index in [0.717, 1.165) is 36.9 Å². The van der Waals surface area contributed by atoms with Gasteiger partial charge in [0.05, 0.1) is 5.02 Å². The monoisotopic (exact) mass is 306 g/mol. The van der Waals surface area contributed by atoms with Gasteiger partial charge in [0.25, 0.3) is 0 Å². The van der Waals surface area contributed by atoms with Gasteiger partial charge in [-0.2, -0.15) is 0 Å². The molecule has 0 saturated carbocycles. The van der Waals surface area contributed by atoms with Gasteiger partial charge in [0.15, 0.2) is 0 Å². The molecule has 112 valence electrons. The van der Waals surface area contributed by atoms with E-state index in [1.54, 1.807) is 12.4 Å². The van der Waals surface area contributed by atoms with Crippen LogP contribution in [0.4, 0.5) is 4.39 Å². The van der Waals surface area contributed by atoms with Gasteiger partial charge in [0.1, 0.15) is 5.82 Å². The molecule has 1 atom stereocenters. The van der Waals surface area contributed by atoms with Crippen LogP contribution in [0.3, 0.4) is 0 Å². The molecule has 1 heterocycles. The molecule has 2 aromatic rings. The first kappa shape index (κ1) is 15.9. The molecule has 0 fully saturated rings. The molecule has 4 heteroatoms. The first-order valence-electron chi connectivity index (χ1n) is 7.25. The van der Waals surface area contributed by atoms with Crippen molar-refractivity contribution in [1.82, 2.24) is 10.3 Å². The summed E-state index contributed by atoms with van der Waals surface area (Å²) in [6.45, 7) is 3.09. The number of halogens is 2. The van der Waals surface area contributed by atoms with Crippen molar-refractivity contribution in [2.45, 2.75) is 32.2 Å². The third-order valence-electron chi connectivity index (χ3n) is 3.40. The van der Waals surface area contributed by atoms with Gasteiger partial charge in [-0.3, -0.25) is 4.98 Å². The molecule has 1 N–H and O–H groups in total. The summed E-state index contributed by atoms with van der Waals surface area (Å²) in [7, 11) is 0. The number of nitrogens with zero attached hydrogens (tertiary/aromatic N) is 1. The van der Waals surface area contributed by atoms with E-state index in [1.165, 1.54) is 12.1 Å². The number of rotatable bonds is 7. The van der Waals surface area contributed by atoms with Gasteiger partial charge in [-0.15, -0.1) is 0 Å². The van der Waals surface area contributed by atoms with Crippen molar-refractivity contribution in [3.63, 3.8) is 0 Å². The quantitative estimate of drug-likeness (QED) is 0.835. The van der Waals surface area contributed by atoms with Crippen LogP contribution in [-0.2, 0) is 12.8 Å². The predicted octanol–water partition coefficient (Wildman–Crippen LogP) is 4.03. The van der Waals surface area contributed by atoms with Crippen molar-refractivity contribution in [2.75, 3.05) is 6.54 Å². The third-order valence-corrected chi connectivity index (χ3v) is 3.74. The lowest BCUT2D eigenvalue weighted by Gasteiger charge is -2.19. The molecule has 2 rings (SSSR count). The molecule has 0 saturated heterocycles. The summed E-state index contributed by atoms with van der Waals surface area (Å²) in [4.78, 5) is 4.01. The highest BCUT2D eigenvalue weighted by molar-refractivity contribution is 6.31. The maximum absolute atomic E-state index is 13.0. The number of nitrogens with one attached hydrogen (secondary N) is 1. The van der Waals surface area contributed by atoms with E-state index in [9.17, 15) is 4.39 Å². The van der Waals surface area contributed by atoms with Gasteiger partial charge >= 0.3 is 0 Å². The average Bonchev–Trinajstić information content (AvgIpc) is 2.49. The summed E-state index contributed by atoms with van der Waals surface area (Å²) in [6.07, 6.45) is 6.18. The van der Waals surface area contributed by atoms with Crippen LogP contribution in [0.5, 0.6) is 0 Å². The van der Waals surface area contributed by atoms with Crippen LogP contribution in [0.25, 0.3) is 0 Å². The third kappa shape index (κ3) is 5.10. The Morgan fingerprint density at radius 3 is 2.62 bits per heavy atom. The van der Waals surface area contributed by atoms with E-state index in [-0.39, 0.29) is 11.9 Å². The topological polar surface area (TPSA) is 24.9 Å². The fourth-order valence-electron chi connectivity index (χ4n) is 2.30. The molecular formula is C17H20ClFN2. The van der Waals surface area contributed by atoms with E-state index in [2.05, 4.69) is 17.2 Å². The predicted molar refractivity (Wildman–Crippen MR) is 85.1 cm³/mol. The fourth-order valence-corrected chi connectivity index (χ4v) is 2.50. The van der Waals surface area contributed by atoms with Crippen LogP contribution in [0, 0.1) is 5.82 Å². The van der Waals surface area contributed by atoms with Crippen molar-refractivity contribution >= 4 is 11.6 Å². The van der Waals surface area contributed by atoms with Crippen LogP contribution in [0.2, 0.25) is 5.02 Å². The Bertz CT molecular complexity index is 557. The molecule has 0 aliphatic rings. The van der Waals surface area contributed by atoms with Crippen molar-refractivity contribution in [3.05, 3.63) is 64.7 Å². The largest absolute Gasteiger partial charge is 0.313 e. The zero-order valence-electron chi connectivity index (χ0n) is 12.2. The highest BCUT2D eigenvalue weighted by atomic mass is 35.5. The minimum Gasteiger partial charge on any atom is -0.313 e. The summed E-state index contributed by atoms with van der Waals surface area (Å²) in [6, 6.07) is 8.91. The Hall–Kier alpha value is -1.45. The maximum atomic E-state index is 13.0.